The van der Waals surface area contributed by atoms with Crippen LogP contribution in [-0.4, -0.2) is 11.5 Å². The molecule has 1 aliphatic rings. The molecular weight excluding hydrogens is 254 g/mol. The van der Waals surface area contributed by atoms with E-state index in [0.29, 0.717) is 15.9 Å². The Hall–Kier alpha value is -0.180. The first-order valence-corrected chi connectivity index (χ1v) is 6.05. The zero-order valence-electron chi connectivity index (χ0n) is 8.06. The van der Waals surface area contributed by atoms with E-state index in [1.807, 2.05) is 0 Å². The molecule has 1 N–H and O–H groups in total. The molecule has 1 aromatic heterocycles. The topological polar surface area (TPSA) is 24.9 Å². The summed E-state index contributed by atoms with van der Waals surface area (Å²) < 4.78 is 0. The highest BCUT2D eigenvalue weighted by molar-refractivity contribution is 6.42. The second-order valence-electron chi connectivity index (χ2n) is 3.75. The van der Waals surface area contributed by atoms with Crippen LogP contribution in [0.3, 0.4) is 0 Å². The van der Waals surface area contributed by atoms with Crippen LogP contribution >= 0.6 is 34.8 Å². The SMILES string of the molecule is Clc1cc(Cl)c(NCCC2CC2)nc1Cl. The molecule has 2 nitrogen and oxygen atoms in total. The molecule has 1 fully saturated rings. The van der Waals surface area contributed by atoms with Crippen LogP contribution in [0.5, 0.6) is 0 Å². The Morgan fingerprint density at radius 3 is 2.67 bits per heavy atom. The molecular formula is C10H11Cl3N2. The van der Waals surface area contributed by atoms with Crippen molar-refractivity contribution in [2.75, 3.05) is 11.9 Å². The number of hydrogen-bond acceptors (Lipinski definition) is 2. The summed E-state index contributed by atoms with van der Waals surface area (Å²) >= 11 is 17.5. The minimum atomic E-state index is 0.287. The lowest BCUT2D eigenvalue weighted by Crippen LogP contribution is -2.04. The van der Waals surface area contributed by atoms with Crippen molar-refractivity contribution in [3.05, 3.63) is 21.3 Å². The summed E-state index contributed by atoms with van der Waals surface area (Å²) in [6.07, 6.45) is 3.87. The summed E-state index contributed by atoms with van der Waals surface area (Å²) in [4.78, 5) is 4.08. The monoisotopic (exact) mass is 264 g/mol. The normalized spacial score (nSPS) is 15.4. The van der Waals surface area contributed by atoms with Gasteiger partial charge in [0.1, 0.15) is 11.0 Å². The van der Waals surface area contributed by atoms with Crippen LogP contribution in [-0.2, 0) is 0 Å². The number of nitrogens with one attached hydrogen (secondary N) is 1. The van der Waals surface area contributed by atoms with Gasteiger partial charge in [-0.05, 0) is 18.4 Å². The zero-order valence-corrected chi connectivity index (χ0v) is 10.3. The number of aromatic nitrogens is 1. The third kappa shape index (κ3) is 3.13. The molecule has 0 aliphatic heterocycles. The fourth-order valence-corrected chi connectivity index (χ4v) is 1.93. The third-order valence-corrected chi connectivity index (χ3v) is 3.39. The van der Waals surface area contributed by atoms with Crippen molar-refractivity contribution < 1.29 is 0 Å². The molecule has 1 aromatic rings. The lowest BCUT2D eigenvalue weighted by atomic mass is 10.3. The maximum atomic E-state index is 5.96. The van der Waals surface area contributed by atoms with Gasteiger partial charge in [-0.25, -0.2) is 4.98 Å². The molecule has 5 heteroatoms. The van der Waals surface area contributed by atoms with Crippen LogP contribution < -0.4 is 5.32 Å². The molecule has 0 amide bonds. The Labute approximate surface area is 104 Å². The predicted molar refractivity (Wildman–Crippen MR) is 65.1 cm³/mol. The van der Waals surface area contributed by atoms with Crippen molar-refractivity contribution >= 4 is 40.6 Å². The van der Waals surface area contributed by atoms with Crippen LogP contribution in [0.4, 0.5) is 5.82 Å². The maximum Gasteiger partial charge on any atom is 0.150 e. The van der Waals surface area contributed by atoms with Crippen molar-refractivity contribution in [1.29, 1.82) is 0 Å². The van der Waals surface area contributed by atoms with E-state index in [1.54, 1.807) is 6.07 Å². The molecule has 1 aliphatic carbocycles. The van der Waals surface area contributed by atoms with E-state index in [2.05, 4.69) is 10.3 Å². The molecule has 82 valence electrons. The van der Waals surface area contributed by atoms with Crippen LogP contribution in [0, 0.1) is 5.92 Å². The smallest absolute Gasteiger partial charge is 0.150 e. The number of hydrogen-bond donors (Lipinski definition) is 1. The van der Waals surface area contributed by atoms with E-state index in [9.17, 15) is 0 Å². The number of anilines is 1. The summed E-state index contributed by atoms with van der Waals surface area (Å²) in [6, 6.07) is 1.61. The van der Waals surface area contributed by atoms with Crippen LogP contribution in [0.25, 0.3) is 0 Å². The van der Waals surface area contributed by atoms with Crippen molar-refractivity contribution in [2.45, 2.75) is 19.3 Å². The van der Waals surface area contributed by atoms with E-state index >= 15 is 0 Å². The fourth-order valence-electron chi connectivity index (χ4n) is 1.37. The van der Waals surface area contributed by atoms with Gasteiger partial charge < -0.3 is 5.32 Å². The van der Waals surface area contributed by atoms with Gasteiger partial charge in [0.05, 0.1) is 10.0 Å². The Morgan fingerprint density at radius 2 is 2.00 bits per heavy atom. The number of pyridine rings is 1. The molecule has 0 radical (unpaired) electrons. The minimum Gasteiger partial charge on any atom is -0.369 e. The highest BCUT2D eigenvalue weighted by Crippen LogP contribution is 2.33. The molecule has 1 heterocycles. The van der Waals surface area contributed by atoms with Crippen LogP contribution in [0.1, 0.15) is 19.3 Å². The molecule has 1 saturated carbocycles. The van der Waals surface area contributed by atoms with Gasteiger partial charge in [-0.3, -0.25) is 0 Å². The lowest BCUT2D eigenvalue weighted by molar-refractivity contribution is 0.758. The van der Waals surface area contributed by atoms with Gasteiger partial charge in [-0.1, -0.05) is 47.6 Å². The van der Waals surface area contributed by atoms with Crippen molar-refractivity contribution in [3.63, 3.8) is 0 Å². The predicted octanol–water partition coefficient (Wildman–Crippen LogP) is 4.25. The fraction of sp³-hybridized carbons (Fsp3) is 0.500. The van der Waals surface area contributed by atoms with Gasteiger partial charge in [0.2, 0.25) is 0 Å². The highest BCUT2D eigenvalue weighted by Gasteiger charge is 2.20. The summed E-state index contributed by atoms with van der Waals surface area (Å²) in [5, 5.41) is 4.35. The molecule has 0 atom stereocenters. The molecule has 0 spiro atoms. The minimum absolute atomic E-state index is 0.287. The summed E-state index contributed by atoms with van der Waals surface area (Å²) in [6.45, 7) is 0.884. The van der Waals surface area contributed by atoms with E-state index in [4.69, 9.17) is 34.8 Å². The second-order valence-corrected chi connectivity index (χ2v) is 4.92. The zero-order chi connectivity index (χ0) is 10.8. The lowest BCUT2D eigenvalue weighted by Gasteiger charge is -2.07. The van der Waals surface area contributed by atoms with Gasteiger partial charge in [0.25, 0.3) is 0 Å². The Balaban J connectivity index is 1.96. The van der Waals surface area contributed by atoms with Crippen LogP contribution in [0.15, 0.2) is 6.07 Å². The summed E-state index contributed by atoms with van der Waals surface area (Å²) in [7, 11) is 0. The quantitative estimate of drug-likeness (QED) is 0.823. The Kier molecular flexibility index (Phi) is 3.60. The van der Waals surface area contributed by atoms with Gasteiger partial charge in [-0.15, -0.1) is 0 Å². The second kappa shape index (κ2) is 4.77. The van der Waals surface area contributed by atoms with Gasteiger partial charge in [0, 0.05) is 6.54 Å². The van der Waals surface area contributed by atoms with Crippen molar-refractivity contribution in [2.24, 2.45) is 5.92 Å². The van der Waals surface area contributed by atoms with E-state index in [0.717, 1.165) is 18.9 Å². The number of nitrogens with zero attached hydrogens (tertiary/aromatic N) is 1. The highest BCUT2D eigenvalue weighted by atomic mass is 35.5. The standard InChI is InChI=1S/C10H11Cl3N2/c11-7-5-8(12)10(15-9(7)13)14-4-3-6-1-2-6/h5-6H,1-4H2,(H,14,15). The molecule has 0 aromatic carbocycles. The van der Waals surface area contributed by atoms with E-state index in [1.165, 1.54) is 12.8 Å². The van der Waals surface area contributed by atoms with Crippen molar-refractivity contribution in [1.82, 2.24) is 4.98 Å². The van der Waals surface area contributed by atoms with E-state index < -0.39 is 0 Å². The average Bonchev–Trinajstić information content (AvgIpc) is 2.97. The van der Waals surface area contributed by atoms with Gasteiger partial charge in [0.15, 0.2) is 0 Å². The maximum absolute atomic E-state index is 5.96. The molecule has 2 rings (SSSR count). The Bertz CT molecular complexity index is 364. The first-order chi connectivity index (χ1) is 7.16. The Morgan fingerprint density at radius 1 is 1.27 bits per heavy atom. The largest absolute Gasteiger partial charge is 0.369 e. The molecule has 0 saturated heterocycles. The molecule has 0 bridgehead atoms. The molecule has 15 heavy (non-hydrogen) atoms. The van der Waals surface area contributed by atoms with Crippen LogP contribution in [0.2, 0.25) is 15.2 Å². The number of rotatable bonds is 4. The van der Waals surface area contributed by atoms with Crippen molar-refractivity contribution in [3.8, 4) is 0 Å². The number of halogens is 3. The first kappa shape index (κ1) is 11.3. The summed E-state index contributed by atoms with van der Waals surface area (Å²) in [5.41, 5.74) is 0. The van der Waals surface area contributed by atoms with E-state index in [-0.39, 0.29) is 5.15 Å². The van der Waals surface area contributed by atoms with Gasteiger partial charge >= 0.3 is 0 Å². The van der Waals surface area contributed by atoms with Gasteiger partial charge in [-0.2, -0.15) is 0 Å². The average molecular weight is 266 g/mol. The summed E-state index contributed by atoms with van der Waals surface area (Å²) in [5.74, 6) is 1.51. The first-order valence-electron chi connectivity index (χ1n) is 4.92. The molecule has 0 unspecified atom stereocenters. The third-order valence-electron chi connectivity index (χ3n) is 2.43.